The van der Waals surface area contributed by atoms with Gasteiger partial charge in [0.05, 0.1) is 12.5 Å². The summed E-state index contributed by atoms with van der Waals surface area (Å²) in [6.45, 7) is 3.76. The molecule has 0 saturated heterocycles. The lowest BCUT2D eigenvalue weighted by atomic mass is 9.70. The highest BCUT2D eigenvalue weighted by atomic mass is 16.5. The van der Waals surface area contributed by atoms with Crippen LogP contribution in [0.4, 0.5) is 0 Å². The zero-order valence-electron chi connectivity index (χ0n) is 18.9. The number of nitrogens with zero attached hydrogens (tertiary/aromatic N) is 2. The van der Waals surface area contributed by atoms with Crippen molar-refractivity contribution in [1.29, 1.82) is 0 Å². The Morgan fingerprint density at radius 2 is 1.69 bits per heavy atom. The Morgan fingerprint density at radius 1 is 1.00 bits per heavy atom. The van der Waals surface area contributed by atoms with Gasteiger partial charge in [-0.05, 0) is 49.2 Å². The van der Waals surface area contributed by atoms with Gasteiger partial charge < -0.3 is 14.4 Å². The molecule has 164 valence electrons. The fraction of sp³-hybridized carbons (Fsp3) is 0.269. The summed E-state index contributed by atoms with van der Waals surface area (Å²) in [5.74, 6) is 0.544. The molecule has 1 unspecified atom stereocenters. The minimum atomic E-state index is -0.819. The van der Waals surface area contributed by atoms with Gasteiger partial charge >= 0.3 is 5.97 Å². The highest BCUT2D eigenvalue weighted by molar-refractivity contribution is 5.94. The van der Waals surface area contributed by atoms with Crippen LogP contribution in [0, 0.1) is 5.41 Å². The van der Waals surface area contributed by atoms with E-state index in [-0.39, 0.29) is 17.8 Å². The van der Waals surface area contributed by atoms with Crippen LogP contribution in [0.3, 0.4) is 0 Å². The summed E-state index contributed by atoms with van der Waals surface area (Å²) < 4.78 is 11.3. The molecule has 1 amide bonds. The maximum Gasteiger partial charge on any atom is 0.312 e. The Bertz CT molecular complexity index is 1180. The molecule has 0 aliphatic carbocycles. The van der Waals surface area contributed by atoms with Crippen LogP contribution in [-0.2, 0) is 9.53 Å². The largest absolute Gasteiger partial charge is 0.469 e. The molecule has 2 heterocycles. The van der Waals surface area contributed by atoms with Crippen molar-refractivity contribution in [2.45, 2.75) is 19.8 Å². The second-order valence-corrected chi connectivity index (χ2v) is 8.68. The lowest BCUT2D eigenvalue weighted by Gasteiger charge is -2.36. The van der Waals surface area contributed by atoms with Crippen LogP contribution in [0.5, 0.6) is 11.6 Å². The summed E-state index contributed by atoms with van der Waals surface area (Å²) in [5, 5.41) is 0. The molecule has 3 aromatic rings. The van der Waals surface area contributed by atoms with Gasteiger partial charge in [-0.1, -0.05) is 30.3 Å². The molecule has 6 nitrogen and oxygen atoms in total. The number of ether oxygens (including phenoxy) is 2. The second-order valence-electron chi connectivity index (χ2n) is 8.68. The Morgan fingerprint density at radius 3 is 2.34 bits per heavy atom. The average molecular weight is 431 g/mol. The number of rotatable bonds is 4. The van der Waals surface area contributed by atoms with Gasteiger partial charge in [-0.15, -0.1) is 0 Å². The molecule has 4 rings (SSSR count). The fourth-order valence-corrected chi connectivity index (χ4v) is 4.24. The highest BCUT2D eigenvalue weighted by Gasteiger charge is 2.44. The van der Waals surface area contributed by atoms with Crippen molar-refractivity contribution in [3.05, 3.63) is 77.5 Å². The topological polar surface area (TPSA) is 68.7 Å². The third kappa shape index (κ3) is 3.62. The number of methoxy groups -OCH3 is 1. The van der Waals surface area contributed by atoms with Gasteiger partial charge in [-0.25, -0.2) is 4.98 Å². The van der Waals surface area contributed by atoms with Crippen LogP contribution in [0.15, 0.2) is 60.8 Å². The third-order valence-electron chi connectivity index (χ3n) is 5.95. The average Bonchev–Trinajstić information content (AvgIpc) is 2.80. The quantitative estimate of drug-likeness (QED) is 0.552. The number of pyridine rings is 1. The minimum absolute atomic E-state index is 0.0408. The molecule has 0 spiro atoms. The van der Waals surface area contributed by atoms with Crippen LogP contribution in [0.25, 0.3) is 11.1 Å². The summed E-state index contributed by atoms with van der Waals surface area (Å²) in [6.07, 6.45) is 1.68. The molecule has 6 heteroatoms. The summed E-state index contributed by atoms with van der Waals surface area (Å²) in [4.78, 5) is 30.8. The van der Waals surface area contributed by atoms with E-state index < -0.39 is 5.41 Å². The highest BCUT2D eigenvalue weighted by Crippen LogP contribution is 2.52. The van der Waals surface area contributed by atoms with Crippen LogP contribution in [0.2, 0.25) is 0 Å². The van der Waals surface area contributed by atoms with Gasteiger partial charge in [-0.2, -0.15) is 0 Å². The van der Waals surface area contributed by atoms with Crippen molar-refractivity contribution in [2.75, 3.05) is 21.2 Å². The standard InChI is InChI=1S/C26H26N2O4/c1-26(2,25(30)31-5)22-19-13-12-18(15-21(19)32-23-20(22)7-6-14-27-23)16-8-10-17(11-9-16)24(29)28(3)4/h6-15,22H,1-5H3. The van der Waals surface area contributed by atoms with E-state index >= 15 is 0 Å². The van der Waals surface area contributed by atoms with E-state index in [9.17, 15) is 9.59 Å². The maximum atomic E-state index is 12.7. The normalized spacial score (nSPS) is 14.6. The Hall–Kier alpha value is -3.67. The smallest absolute Gasteiger partial charge is 0.312 e. The second kappa shape index (κ2) is 8.11. The zero-order chi connectivity index (χ0) is 23.0. The first kappa shape index (κ1) is 21.6. The molecule has 0 saturated carbocycles. The number of esters is 1. The number of fused-ring (bicyclic) bond motifs is 2. The summed E-state index contributed by atoms with van der Waals surface area (Å²) in [5.41, 5.74) is 3.48. The monoisotopic (exact) mass is 430 g/mol. The molecule has 1 aliphatic heterocycles. The van der Waals surface area contributed by atoms with Crippen molar-refractivity contribution in [3.63, 3.8) is 0 Å². The lowest BCUT2D eigenvalue weighted by Crippen LogP contribution is -2.35. The Balaban J connectivity index is 1.77. The molecule has 0 fully saturated rings. The molecular formula is C26H26N2O4. The van der Waals surface area contributed by atoms with E-state index in [4.69, 9.17) is 9.47 Å². The summed E-state index contributed by atoms with van der Waals surface area (Å²) >= 11 is 0. The molecule has 0 radical (unpaired) electrons. The van der Waals surface area contributed by atoms with Gasteiger partial charge in [-0.3, -0.25) is 9.59 Å². The maximum absolute atomic E-state index is 12.7. The number of benzene rings is 2. The minimum Gasteiger partial charge on any atom is -0.469 e. The first-order chi connectivity index (χ1) is 15.2. The molecule has 0 bridgehead atoms. The number of hydrogen-bond acceptors (Lipinski definition) is 5. The number of carbonyl (C=O) groups is 2. The number of aromatic nitrogens is 1. The van der Waals surface area contributed by atoms with Gasteiger partial charge in [0.15, 0.2) is 0 Å². The molecule has 1 atom stereocenters. The predicted octanol–water partition coefficient (Wildman–Crippen LogP) is 4.89. The SMILES string of the molecule is COC(=O)C(C)(C)C1c2ccc(-c3ccc(C(=O)N(C)C)cc3)cc2Oc2ncccc21. The van der Waals surface area contributed by atoms with E-state index in [1.54, 1.807) is 25.2 Å². The summed E-state index contributed by atoms with van der Waals surface area (Å²) in [6, 6.07) is 17.2. The van der Waals surface area contributed by atoms with Gasteiger partial charge in [0.2, 0.25) is 5.88 Å². The van der Waals surface area contributed by atoms with Crippen molar-refractivity contribution >= 4 is 11.9 Å². The molecule has 32 heavy (non-hydrogen) atoms. The van der Waals surface area contributed by atoms with Crippen LogP contribution in [0.1, 0.15) is 41.3 Å². The molecule has 0 N–H and O–H groups in total. The van der Waals surface area contributed by atoms with Crippen molar-refractivity contribution in [1.82, 2.24) is 9.88 Å². The van der Waals surface area contributed by atoms with Crippen molar-refractivity contribution in [3.8, 4) is 22.8 Å². The van der Waals surface area contributed by atoms with E-state index in [2.05, 4.69) is 4.98 Å². The van der Waals surface area contributed by atoms with Gasteiger partial charge in [0.25, 0.3) is 5.91 Å². The third-order valence-corrected chi connectivity index (χ3v) is 5.95. The van der Waals surface area contributed by atoms with E-state index in [1.807, 2.05) is 68.4 Å². The zero-order valence-corrected chi connectivity index (χ0v) is 18.9. The fourth-order valence-electron chi connectivity index (χ4n) is 4.24. The van der Waals surface area contributed by atoms with Crippen molar-refractivity contribution < 1.29 is 19.1 Å². The molecular weight excluding hydrogens is 404 g/mol. The molecule has 1 aromatic heterocycles. The number of carbonyl (C=O) groups excluding carboxylic acids is 2. The van der Waals surface area contributed by atoms with Gasteiger partial charge in [0.1, 0.15) is 5.75 Å². The lowest BCUT2D eigenvalue weighted by molar-refractivity contribution is -0.151. The van der Waals surface area contributed by atoms with Crippen LogP contribution in [-0.4, -0.2) is 43.0 Å². The van der Waals surface area contributed by atoms with Gasteiger partial charge in [0, 0.05) is 42.9 Å². The molecule has 2 aromatic carbocycles. The van der Waals surface area contributed by atoms with E-state index in [0.717, 1.165) is 22.3 Å². The van der Waals surface area contributed by atoms with Crippen molar-refractivity contribution in [2.24, 2.45) is 5.41 Å². The Kier molecular flexibility index (Phi) is 5.46. The molecule has 1 aliphatic rings. The summed E-state index contributed by atoms with van der Waals surface area (Å²) in [7, 11) is 4.87. The predicted molar refractivity (Wildman–Crippen MR) is 122 cm³/mol. The first-order valence-electron chi connectivity index (χ1n) is 10.4. The first-order valence-corrected chi connectivity index (χ1v) is 10.4. The van der Waals surface area contributed by atoms with E-state index in [1.165, 1.54) is 7.11 Å². The number of amides is 1. The van der Waals surface area contributed by atoms with Crippen LogP contribution >= 0.6 is 0 Å². The van der Waals surface area contributed by atoms with Crippen LogP contribution < -0.4 is 4.74 Å². The Labute approximate surface area is 187 Å². The van der Waals surface area contributed by atoms with E-state index in [0.29, 0.717) is 17.2 Å². The number of hydrogen-bond donors (Lipinski definition) is 0.